The van der Waals surface area contributed by atoms with Crippen molar-refractivity contribution in [2.24, 2.45) is 0 Å². The number of nitrogens with one attached hydrogen (secondary N) is 2. The van der Waals surface area contributed by atoms with Crippen molar-refractivity contribution < 1.29 is 4.74 Å². The minimum atomic E-state index is 0.549. The molecule has 1 aromatic rings. The number of unbranched alkanes of at least 4 members (excludes halogenated alkanes) is 7. The van der Waals surface area contributed by atoms with Gasteiger partial charge in [-0.2, -0.15) is 0 Å². The second-order valence-electron chi connectivity index (χ2n) is 7.36. The number of ether oxygens (including phenoxy) is 1. The molecule has 2 N–H and O–H groups in total. The van der Waals surface area contributed by atoms with Gasteiger partial charge in [-0.15, -0.1) is 0 Å². The van der Waals surface area contributed by atoms with Crippen molar-refractivity contribution in [3.8, 4) is 0 Å². The van der Waals surface area contributed by atoms with Crippen LogP contribution >= 0.6 is 0 Å². The molecule has 0 aliphatic rings. The maximum Gasteiger partial charge on any atom is 0.0465 e. The Balaban J connectivity index is 2.07. The Morgan fingerprint density at radius 3 is 2.19 bits per heavy atom. The molecule has 26 heavy (non-hydrogen) atoms. The largest absolute Gasteiger partial charge is 0.385 e. The lowest BCUT2D eigenvalue weighted by molar-refractivity contribution is 0.143. The highest BCUT2D eigenvalue weighted by molar-refractivity contribution is 5.53. The van der Waals surface area contributed by atoms with Crippen molar-refractivity contribution in [1.82, 2.24) is 0 Å². The van der Waals surface area contributed by atoms with E-state index < -0.39 is 0 Å². The van der Waals surface area contributed by atoms with E-state index in [0.717, 1.165) is 19.8 Å². The van der Waals surface area contributed by atoms with Crippen LogP contribution in [0.1, 0.15) is 85.0 Å². The van der Waals surface area contributed by atoms with Crippen molar-refractivity contribution in [3.05, 3.63) is 24.3 Å². The predicted octanol–water partition coefficient (Wildman–Crippen LogP) is 6.86. The topological polar surface area (TPSA) is 33.3 Å². The fourth-order valence-electron chi connectivity index (χ4n) is 3.15. The molecule has 0 aromatic heterocycles. The standard InChI is InChI=1S/C23H42N2O/c1-4-6-7-11-14-21(3)25-23-17-15-22(16-18-23)24-19-12-9-8-10-13-20-26-5-2/h15-18,21,24-25H,4-14,19-20H2,1-3H3/t21-/m1/s1. The molecule has 0 aliphatic heterocycles. The number of hydrogen-bond acceptors (Lipinski definition) is 3. The highest BCUT2D eigenvalue weighted by atomic mass is 16.5. The number of hydrogen-bond donors (Lipinski definition) is 2. The van der Waals surface area contributed by atoms with Crippen molar-refractivity contribution in [1.29, 1.82) is 0 Å². The zero-order valence-electron chi connectivity index (χ0n) is 17.5. The third kappa shape index (κ3) is 12.2. The lowest BCUT2D eigenvalue weighted by Crippen LogP contribution is -2.14. The summed E-state index contributed by atoms with van der Waals surface area (Å²) in [7, 11) is 0. The molecule has 3 nitrogen and oxygen atoms in total. The molecule has 0 saturated heterocycles. The molecule has 0 spiro atoms. The molecule has 0 bridgehead atoms. The minimum absolute atomic E-state index is 0.549. The van der Waals surface area contributed by atoms with Crippen LogP contribution in [0.2, 0.25) is 0 Å². The molecule has 0 saturated carbocycles. The number of anilines is 2. The molecule has 0 unspecified atom stereocenters. The van der Waals surface area contributed by atoms with Gasteiger partial charge in [-0.3, -0.25) is 0 Å². The second kappa shape index (κ2) is 16.0. The molecule has 1 atom stereocenters. The van der Waals surface area contributed by atoms with Crippen LogP contribution in [0.5, 0.6) is 0 Å². The van der Waals surface area contributed by atoms with Crippen LogP contribution in [0.3, 0.4) is 0 Å². The maximum absolute atomic E-state index is 5.36. The predicted molar refractivity (Wildman–Crippen MR) is 116 cm³/mol. The van der Waals surface area contributed by atoms with E-state index in [4.69, 9.17) is 4.74 Å². The number of rotatable bonds is 17. The summed E-state index contributed by atoms with van der Waals surface area (Å²) in [5, 5.41) is 7.15. The van der Waals surface area contributed by atoms with Gasteiger partial charge in [-0.1, -0.05) is 51.9 Å². The molecule has 0 aliphatic carbocycles. The smallest absolute Gasteiger partial charge is 0.0465 e. The first-order valence-corrected chi connectivity index (χ1v) is 10.9. The van der Waals surface area contributed by atoms with Gasteiger partial charge in [0, 0.05) is 37.2 Å². The van der Waals surface area contributed by atoms with Crippen LogP contribution in [-0.4, -0.2) is 25.8 Å². The molecule has 3 heteroatoms. The van der Waals surface area contributed by atoms with Gasteiger partial charge in [0.25, 0.3) is 0 Å². The Morgan fingerprint density at radius 1 is 0.808 bits per heavy atom. The molecule has 0 radical (unpaired) electrons. The van der Waals surface area contributed by atoms with Crippen LogP contribution in [-0.2, 0) is 4.74 Å². The van der Waals surface area contributed by atoms with Crippen LogP contribution in [0.25, 0.3) is 0 Å². The van der Waals surface area contributed by atoms with E-state index in [1.165, 1.54) is 75.6 Å². The summed E-state index contributed by atoms with van der Waals surface area (Å²) < 4.78 is 5.36. The van der Waals surface area contributed by atoms with E-state index in [2.05, 4.69) is 55.7 Å². The van der Waals surface area contributed by atoms with Crippen molar-refractivity contribution >= 4 is 11.4 Å². The average Bonchev–Trinajstić information content (AvgIpc) is 2.65. The zero-order chi connectivity index (χ0) is 18.9. The molecule has 1 rings (SSSR count). The Kier molecular flexibility index (Phi) is 14.0. The van der Waals surface area contributed by atoms with Crippen LogP contribution in [0.15, 0.2) is 24.3 Å². The highest BCUT2D eigenvalue weighted by Crippen LogP contribution is 2.16. The quantitative estimate of drug-likeness (QED) is 0.297. The summed E-state index contributed by atoms with van der Waals surface area (Å²) in [6, 6.07) is 9.31. The Labute approximate surface area is 162 Å². The van der Waals surface area contributed by atoms with Crippen molar-refractivity contribution in [3.63, 3.8) is 0 Å². The summed E-state index contributed by atoms with van der Waals surface area (Å²) in [6.45, 7) is 9.44. The van der Waals surface area contributed by atoms with Crippen LogP contribution in [0.4, 0.5) is 11.4 Å². The van der Waals surface area contributed by atoms with E-state index in [1.807, 2.05) is 0 Å². The summed E-state index contributed by atoms with van der Waals surface area (Å²) in [5.41, 5.74) is 2.45. The molecule has 150 valence electrons. The van der Waals surface area contributed by atoms with E-state index in [-0.39, 0.29) is 0 Å². The third-order valence-corrected chi connectivity index (χ3v) is 4.79. The molecular formula is C23H42N2O. The highest BCUT2D eigenvalue weighted by Gasteiger charge is 2.02. The summed E-state index contributed by atoms with van der Waals surface area (Å²) >= 11 is 0. The first kappa shape index (κ1) is 22.8. The first-order valence-electron chi connectivity index (χ1n) is 10.9. The molecule has 1 aromatic carbocycles. The normalized spacial score (nSPS) is 12.1. The molecular weight excluding hydrogens is 320 g/mol. The van der Waals surface area contributed by atoms with Gasteiger partial charge in [-0.25, -0.2) is 0 Å². The SMILES string of the molecule is CCCCCC[C@@H](C)Nc1ccc(NCCCCCCCOCC)cc1. The average molecular weight is 363 g/mol. The van der Waals surface area contributed by atoms with Gasteiger partial charge in [0.2, 0.25) is 0 Å². The lowest BCUT2D eigenvalue weighted by atomic mass is 10.1. The lowest BCUT2D eigenvalue weighted by Gasteiger charge is -2.15. The van der Waals surface area contributed by atoms with E-state index in [0.29, 0.717) is 6.04 Å². The summed E-state index contributed by atoms with van der Waals surface area (Å²) in [4.78, 5) is 0. The van der Waals surface area contributed by atoms with E-state index in [1.54, 1.807) is 0 Å². The maximum atomic E-state index is 5.36. The Morgan fingerprint density at radius 2 is 1.46 bits per heavy atom. The van der Waals surface area contributed by atoms with E-state index >= 15 is 0 Å². The number of benzene rings is 1. The zero-order valence-corrected chi connectivity index (χ0v) is 17.5. The van der Waals surface area contributed by atoms with Gasteiger partial charge in [0.05, 0.1) is 0 Å². The third-order valence-electron chi connectivity index (χ3n) is 4.79. The van der Waals surface area contributed by atoms with Gasteiger partial charge in [-0.05, 0) is 57.4 Å². The van der Waals surface area contributed by atoms with Gasteiger partial charge in [0.1, 0.15) is 0 Å². The molecule has 0 fully saturated rings. The fraction of sp³-hybridized carbons (Fsp3) is 0.739. The van der Waals surface area contributed by atoms with Crippen molar-refractivity contribution in [2.45, 2.75) is 91.0 Å². The fourth-order valence-corrected chi connectivity index (χ4v) is 3.15. The van der Waals surface area contributed by atoms with Gasteiger partial charge in [0.15, 0.2) is 0 Å². The van der Waals surface area contributed by atoms with Crippen LogP contribution in [0, 0.1) is 0 Å². The monoisotopic (exact) mass is 362 g/mol. The second-order valence-corrected chi connectivity index (χ2v) is 7.36. The summed E-state index contributed by atoms with van der Waals surface area (Å²) in [5.74, 6) is 0. The van der Waals surface area contributed by atoms with Crippen molar-refractivity contribution in [2.75, 3.05) is 30.4 Å². The minimum Gasteiger partial charge on any atom is -0.385 e. The van der Waals surface area contributed by atoms with Gasteiger partial charge < -0.3 is 15.4 Å². The molecule has 0 amide bonds. The Bertz CT molecular complexity index is 419. The van der Waals surface area contributed by atoms with Crippen LogP contribution < -0.4 is 10.6 Å². The molecule has 0 heterocycles. The summed E-state index contributed by atoms with van der Waals surface area (Å²) in [6.07, 6.45) is 13.0. The Hall–Kier alpha value is -1.22. The first-order chi connectivity index (χ1) is 12.8. The van der Waals surface area contributed by atoms with Gasteiger partial charge >= 0.3 is 0 Å². The van der Waals surface area contributed by atoms with E-state index in [9.17, 15) is 0 Å².